The number of hydrogen-bond acceptors (Lipinski definition) is 1. The van der Waals surface area contributed by atoms with Gasteiger partial charge in [0, 0.05) is 17.6 Å². The van der Waals surface area contributed by atoms with Gasteiger partial charge in [0.25, 0.3) is 0 Å². The van der Waals surface area contributed by atoms with Crippen LogP contribution in [-0.2, 0) is 0 Å². The van der Waals surface area contributed by atoms with Gasteiger partial charge in [-0.3, -0.25) is 0 Å². The van der Waals surface area contributed by atoms with Crippen molar-refractivity contribution in [1.29, 1.82) is 0 Å². The molecule has 1 aromatic heterocycles. The molecule has 0 saturated carbocycles. The normalized spacial score (nSPS) is 13.6. The fraction of sp³-hybridized carbons (Fsp3) is 0.364. The second kappa shape index (κ2) is 4.65. The van der Waals surface area contributed by atoms with Gasteiger partial charge >= 0.3 is 0 Å². The Morgan fingerprint density at radius 1 is 1.38 bits per heavy atom. The maximum absolute atomic E-state index is 4.28. The van der Waals surface area contributed by atoms with E-state index in [0.717, 1.165) is 11.9 Å². The lowest BCUT2D eigenvalue weighted by Gasteiger charge is -1.86. The average Bonchev–Trinajstić information content (AvgIpc) is 2.56. The van der Waals surface area contributed by atoms with E-state index >= 15 is 0 Å². The molecule has 0 atom stereocenters. The van der Waals surface area contributed by atoms with Gasteiger partial charge in [-0.25, -0.2) is 4.99 Å². The number of nitrogens with one attached hydrogen (secondary N) is 1. The van der Waals surface area contributed by atoms with Gasteiger partial charge in [-0.1, -0.05) is 25.5 Å². The highest BCUT2D eigenvalue weighted by atomic mass is 14.8. The maximum atomic E-state index is 4.28. The highest BCUT2D eigenvalue weighted by Crippen LogP contribution is 2.00. The van der Waals surface area contributed by atoms with Crippen molar-refractivity contribution in [1.82, 2.24) is 4.98 Å². The van der Waals surface area contributed by atoms with E-state index in [1.165, 1.54) is 10.8 Å². The number of aromatic amines is 1. The predicted molar refractivity (Wildman–Crippen MR) is 55.8 cm³/mol. The summed E-state index contributed by atoms with van der Waals surface area (Å²) in [5.41, 5.74) is 2.27. The molecule has 0 aliphatic carbocycles. The SMILES string of the molecule is CC.CC1=CN=c2[nH]ccc2=CC1. The van der Waals surface area contributed by atoms with Crippen molar-refractivity contribution in [2.75, 3.05) is 0 Å². The molecule has 0 radical (unpaired) electrons. The highest BCUT2D eigenvalue weighted by Gasteiger charge is 1.92. The zero-order chi connectivity index (χ0) is 9.68. The standard InChI is InChI=1S/C9H10N2.C2H6/c1-7-2-3-8-4-5-10-9(8)11-6-7;1-2/h3-6H,2H2,1H3,(H,10,11);1-2H3. The molecule has 0 amide bonds. The molecule has 0 unspecified atom stereocenters. The van der Waals surface area contributed by atoms with E-state index in [4.69, 9.17) is 0 Å². The Labute approximate surface area is 78.7 Å². The van der Waals surface area contributed by atoms with Gasteiger partial charge in [-0.15, -0.1) is 0 Å². The molecule has 1 aromatic rings. The molecular weight excluding hydrogens is 160 g/mol. The molecular formula is C11H16N2. The van der Waals surface area contributed by atoms with Crippen molar-refractivity contribution in [2.45, 2.75) is 27.2 Å². The quantitative estimate of drug-likeness (QED) is 0.624. The summed E-state index contributed by atoms with van der Waals surface area (Å²) in [6.45, 7) is 6.09. The van der Waals surface area contributed by atoms with Crippen LogP contribution in [0.15, 0.2) is 29.0 Å². The van der Waals surface area contributed by atoms with Gasteiger partial charge in [0.1, 0.15) is 5.49 Å². The van der Waals surface area contributed by atoms with E-state index in [2.05, 4.69) is 23.0 Å². The molecule has 0 fully saturated rings. The molecule has 2 heteroatoms. The number of nitrogens with zero attached hydrogens (tertiary/aromatic N) is 1. The van der Waals surface area contributed by atoms with Crippen LogP contribution in [0, 0.1) is 0 Å². The van der Waals surface area contributed by atoms with Gasteiger partial charge in [-0.2, -0.15) is 0 Å². The van der Waals surface area contributed by atoms with Gasteiger partial charge in [0.05, 0.1) is 0 Å². The fourth-order valence-corrected chi connectivity index (χ4v) is 1.15. The third-order valence-electron chi connectivity index (χ3n) is 1.81. The Balaban J connectivity index is 0.000000396. The smallest absolute Gasteiger partial charge is 0.136 e. The summed E-state index contributed by atoms with van der Waals surface area (Å²) >= 11 is 0. The summed E-state index contributed by atoms with van der Waals surface area (Å²) in [6, 6.07) is 2.05. The Kier molecular flexibility index (Phi) is 3.50. The summed E-state index contributed by atoms with van der Waals surface area (Å²) in [4.78, 5) is 7.35. The summed E-state index contributed by atoms with van der Waals surface area (Å²) in [7, 11) is 0. The second-order valence-electron chi connectivity index (χ2n) is 2.79. The molecule has 1 aliphatic rings. The van der Waals surface area contributed by atoms with Crippen molar-refractivity contribution >= 4 is 6.08 Å². The van der Waals surface area contributed by atoms with Crippen LogP contribution in [0.2, 0.25) is 0 Å². The zero-order valence-corrected chi connectivity index (χ0v) is 8.46. The molecule has 0 aromatic carbocycles. The van der Waals surface area contributed by atoms with Crippen molar-refractivity contribution < 1.29 is 0 Å². The molecule has 2 nitrogen and oxygen atoms in total. The number of rotatable bonds is 0. The van der Waals surface area contributed by atoms with Crippen molar-refractivity contribution in [3.05, 3.63) is 34.7 Å². The first-order chi connectivity index (χ1) is 6.36. The van der Waals surface area contributed by atoms with E-state index in [1.807, 2.05) is 32.3 Å². The summed E-state index contributed by atoms with van der Waals surface area (Å²) in [5, 5.41) is 1.21. The molecule has 2 heterocycles. The lowest BCUT2D eigenvalue weighted by molar-refractivity contribution is 1.17. The van der Waals surface area contributed by atoms with Crippen LogP contribution in [0.25, 0.3) is 6.08 Å². The third-order valence-corrected chi connectivity index (χ3v) is 1.81. The minimum absolute atomic E-state index is 0.974. The Morgan fingerprint density at radius 2 is 2.15 bits per heavy atom. The van der Waals surface area contributed by atoms with Gasteiger partial charge in [0.15, 0.2) is 0 Å². The number of aromatic nitrogens is 1. The summed E-state index contributed by atoms with van der Waals surface area (Å²) in [6.07, 6.45) is 7.03. The van der Waals surface area contributed by atoms with E-state index in [-0.39, 0.29) is 0 Å². The number of hydrogen-bond donors (Lipinski definition) is 1. The monoisotopic (exact) mass is 176 g/mol. The highest BCUT2D eigenvalue weighted by molar-refractivity contribution is 5.29. The largest absolute Gasteiger partial charge is 0.346 e. The third kappa shape index (κ3) is 2.31. The van der Waals surface area contributed by atoms with Crippen LogP contribution in [-0.4, -0.2) is 4.98 Å². The average molecular weight is 176 g/mol. The molecule has 1 N–H and O–H groups in total. The fourth-order valence-electron chi connectivity index (χ4n) is 1.15. The Morgan fingerprint density at radius 3 is 2.92 bits per heavy atom. The first kappa shape index (κ1) is 9.78. The lowest BCUT2D eigenvalue weighted by Crippen LogP contribution is -2.21. The first-order valence-corrected chi connectivity index (χ1v) is 4.73. The molecule has 0 spiro atoms. The molecule has 0 bridgehead atoms. The molecule has 1 aliphatic heterocycles. The number of fused-ring (bicyclic) bond motifs is 1. The molecule has 0 saturated heterocycles. The molecule has 70 valence electrons. The van der Waals surface area contributed by atoms with Gasteiger partial charge in [0.2, 0.25) is 0 Å². The second-order valence-corrected chi connectivity index (χ2v) is 2.79. The van der Waals surface area contributed by atoms with E-state index in [9.17, 15) is 0 Å². The lowest BCUT2D eigenvalue weighted by atomic mass is 10.2. The van der Waals surface area contributed by atoms with Gasteiger partial charge in [-0.05, 0) is 19.4 Å². The summed E-state index contributed by atoms with van der Waals surface area (Å²) < 4.78 is 0. The van der Waals surface area contributed by atoms with Crippen LogP contribution >= 0.6 is 0 Å². The topological polar surface area (TPSA) is 28.1 Å². The van der Waals surface area contributed by atoms with Crippen LogP contribution in [0.4, 0.5) is 0 Å². The van der Waals surface area contributed by atoms with Crippen molar-refractivity contribution in [3.8, 4) is 0 Å². The van der Waals surface area contributed by atoms with E-state index in [0.29, 0.717) is 0 Å². The van der Waals surface area contributed by atoms with Crippen molar-refractivity contribution in [3.63, 3.8) is 0 Å². The van der Waals surface area contributed by atoms with Crippen LogP contribution < -0.4 is 10.7 Å². The van der Waals surface area contributed by atoms with E-state index < -0.39 is 0 Å². The maximum Gasteiger partial charge on any atom is 0.136 e. The van der Waals surface area contributed by atoms with Crippen LogP contribution in [0.5, 0.6) is 0 Å². The zero-order valence-electron chi connectivity index (χ0n) is 8.46. The minimum Gasteiger partial charge on any atom is -0.346 e. The van der Waals surface area contributed by atoms with E-state index in [1.54, 1.807) is 0 Å². The Hall–Kier alpha value is -1.31. The van der Waals surface area contributed by atoms with Crippen molar-refractivity contribution in [2.24, 2.45) is 4.99 Å². The number of allylic oxidation sites excluding steroid dienone is 1. The number of H-pyrrole nitrogens is 1. The minimum atomic E-state index is 0.974. The predicted octanol–water partition coefficient (Wildman–Crippen LogP) is 1.75. The first-order valence-electron chi connectivity index (χ1n) is 4.73. The summed E-state index contributed by atoms with van der Waals surface area (Å²) in [5.74, 6) is 0. The molecule has 13 heavy (non-hydrogen) atoms. The van der Waals surface area contributed by atoms with Crippen LogP contribution in [0.1, 0.15) is 27.2 Å². The van der Waals surface area contributed by atoms with Gasteiger partial charge < -0.3 is 4.98 Å². The molecule has 2 rings (SSSR count). The van der Waals surface area contributed by atoms with Crippen LogP contribution in [0.3, 0.4) is 0 Å². The Bertz CT molecular complexity index is 396.